The van der Waals surface area contributed by atoms with Crippen LogP contribution in [0, 0.1) is 5.82 Å². The van der Waals surface area contributed by atoms with Gasteiger partial charge in [-0.3, -0.25) is 9.69 Å². The zero-order valence-electron chi connectivity index (χ0n) is 16.5. The van der Waals surface area contributed by atoms with E-state index in [0.717, 1.165) is 43.2 Å². The smallest absolute Gasteiger partial charge is 0.237 e. The van der Waals surface area contributed by atoms with Gasteiger partial charge in [-0.1, -0.05) is 18.2 Å². The van der Waals surface area contributed by atoms with Gasteiger partial charge < -0.3 is 15.0 Å². The van der Waals surface area contributed by atoms with Crippen molar-refractivity contribution in [1.29, 1.82) is 0 Å². The fraction of sp³-hybridized carbons (Fsp3) is 0.409. The van der Waals surface area contributed by atoms with Gasteiger partial charge in [0.25, 0.3) is 0 Å². The number of piperazine rings is 1. The number of hydrogen-bond acceptors (Lipinski definition) is 4. The summed E-state index contributed by atoms with van der Waals surface area (Å²) in [5.41, 5.74) is 2.16. The zero-order chi connectivity index (χ0) is 19.9. The molecule has 0 saturated carbocycles. The van der Waals surface area contributed by atoms with Crippen molar-refractivity contribution in [3.05, 3.63) is 59.9 Å². The number of amides is 1. The Kier molecular flexibility index (Phi) is 6.87. The van der Waals surface area contributed by atoms with Gasteiger partial charge >= 0.3 is 0 Å². The first kappa shape index (κ1) is 20.1. The lowest BCUT2D eigenvalue weighted by atomic mass is 10.1. The molecule has 0 spiro atoms. The molecule has 1 saturated heterocycles. The number of hydrogen-bond donors (Lipinski definition) is 1. The maximum Gasteiger partial charge on any atom is 0.237 e. The van der Waals surface area contributed by atoms with Gasteiger partial charge in [0.05, 0.1) is 13.2 Å². The fourth-order valence-corrected chi connectivity index (χ4v) is 3.47. The zero-order valence-corrected chi connectivity index (χ0v) is 16.5. The van der Waals surface area contributed by atoms with Crippen LogP contribution in [0.5, 0.6) is 5.75 Å². The summed E-state index contributed by atoms with van der Waals surface area (Å²) in [5, 5.41) is 3.00. The number of benzene rings is 2. The molecule has 1 N–H and O–H groups in total. The third kappa shape index (κ3) is 5.23. The summed E-state index contributed by atoms with van der Waals surface area (Å²) in [6.07, 6.45) is 0.697. The molecule has 1 atom stereocenters. The minimum atomic E-state index is -0.241. The molecule has 1 unspecified atom stereocenters. The number of nitrogens with zero attached hydrogens (tertiary/aromatic N) is 2. The van der Waals surface area contributed by atoms with E-state index in [-0.39, 0.29) is 17.8 Å². The maximum absolute atomic E-state index is 12.9. The summed E-state index contributed by atoms with van der Waals surface area (Å²) in [5.74, 6) is 0.653. The third-order valence-corrected chi connectivity index (χ3v) is 5.29. The summed E-state index contributed by atoms with van der Waals surface area (Å²) in [6, 6.07) is 14.3. The third-order valence-electron chi connectivity index (χ3n) is 5.29. The van der Waals surface area contributed by atoms with Crippen molar-refractivity contribution in [1.82, 2.24) is 10.2 Å². The predicted octanol–water partition coefficient (Wildman–Crippen LogP) is 2.70. The molecular weight excluding hydrogens is 357 g/mol. The Balaban J connectivity index is 1.44. The molecule has 28 heavy (non-hydrogen) atoms. The Labute approximate surface area is 166 Å². The van der Waals surface area contributed by atoms with Gasteiger partial charge in [-0.25, -0.2) is 4.39 Å². The summed E-state index contributed by atoms with van der Waals surface area (Å²) >= 11 is 0. The minimum absolute atomic E-state index is 0.0388. The first-order valence-corrected chi connectivity index (χ1v) is 9.72. The summed E-state index contributed by atoms with van der Waals surface area (Å²) < 4.78 is 18.2. The number of carbonyl (C=O) groups excluding carboxylic acids is 1. The molecule has 1 amide bonds. The number of carbonyl (C=O) groups is 1. The number of methoxy groups -OCH3 is 1. The van der Waals surface area contributed by atoms with Crippen molar-refractivity contribution >= 4 is 11.6 Å². The molecule has 0 aromatic heterocycles. The van der Waals surface area contributed by atoms with Crippen LogP contribution in [-0.2, 0) is 11.2 Å². The van der Waals surface area contributed by atoms with Crippen molar-refractivity contribution in [2.75, 3.05) is 44.7 Å². The van der Waals surface area contributed by atoms with Gasteiger partial charge in [0.2, 0.25) is 5.91 Å². The van der Waals surface area contributed by atoms with Crippen molar-refractivity contribution in [2.45, 2.75) is 19.4 Å². The molecule has 0 aliphatic carbocycles. The van der Waals surface area contributed by atoms with Gasteiger partial charge in [-0.15, -0.1) is 0 Å². The normalized spacial score (nSPS) is 15.9. The summed E-state index contributed by atoms with van der Waals surface area (Å²) in [4.78, 5) is 17.0. The highest BCUT2D eigenvalue weighted by Crippen LogP contribution is 2.22. The first-order valence-electron chi connectivity index (χ1n) is 9.72. The number of ether oxygens (including phenoxy) is 1. The van der Waals surface area contributed by atoms with Gasteiger partial charge in [-0.2, -0.15) is 0 Å². The molecular formula is C22H28FN3O2. The molecule has 6 heteroatoms. The molecule has 2 aromatic carbocycles. The highest BCUT2D eigenvalue weighted by atomic mass is 19.1. The standard InChI is InChI=1S/C22H28FN3O2/c1-17(22(27)24-11-10-18-6-8-19(23)9-7-18)25-12-14-26(15-13-25)20-4-3-5-21(16-20)28-2/h3-9,16-17H,10-15H2,1-2H3,(H,24,27). The van der Waals surface area contributed by atoms with Crippen LogP contribution in [0.2, 0.25) is 0 Å². The van der Waals surface area contributed by atoms with E-state index in [9.17, 15) is 9.18 Å². The predicted molar refractivity (Wildman–Crippen MR) is 109 cm³/mol. The second-order valence-corrected chi connectivity index (χ2v) is 7.07. The van der Waals surface area contributed by atoms with Gasteiger partial charge in [0.15, 0.2) is 0 Å². The molecule has 1 heterocycles. The Hall–Kier alpha value is -2.60. The van der Waals surface area contributed by atoms with E-state index in [1.54, 1.807) is 19.2 Å². The van der Waals surface area contributed by atoms with Crippen LogP contribution in [0.15, 0.2) is 48.5 Å². The maximum atomic E-state index is 12.9. The summed E-state index contributed by atoms with van der Waals surface area (Å²) in [7, 11) is 1.67. The molecule has 0 radical (unpaired) electrons. The molecule has 0 bridgehead atoms. The largest absolute Gasteiger partial charge is 0.497 e. The number of nitrogens with one attached hydrogen (secondary N) is 1. The molecule has 1 fully saturated rings. The van der Waals surface area contributed by atoms with E-state index < -0.39 is 0 Å². The minimum Gasteiger partial charge on any atom is -0.497 e. The lowest BCUT2D eigenvalue weighted by Gasteiger charge is -2.38. The molecule has 3 rings (SSSR count). The SMILES string of the molecule is COc1cccc(N2CCN(C(C)C(=O)NCCc3ccc(F)cc3)CC2)c1. The Bertz CT molecular complexity index is 774. The van der Waals surface area contributed by atoms with Crippen LogP contribution in [0.25, 0.3) is 0 Å². The van der Waals surface area contributed by atoms with E-state index in [1.807, 2.05) is 25.1 Å². The van der Waals surface area contributed by atoms with Crippen LogP contribution >= 0.6 is 0 Å². The Morgan fingerprint density at radius 1 is 1.14 bits per heavy atom. The first-order chi connectivity index (χ1) is 13.6. The Morgan fingerprint density at radius 2 is 1.86 bits per heavy atom. The topological polar surface area (TPSA) is 44.8 Å². The highest BCUT2D eigenvalue weighted by molar-refractivity contribution is 5.81. The Morgan fingerprint density at radius 3 is 2.54 bits per heavy atom. The summed E-state index contributed by atoms with van der Waals surface area (Å²) in [6.45, 7) is 5.93. The van der Waals surface area contributed by atoms with Crippen LogP contribution in [0.3, 0.4) is 0 Å². The molecule has 1 aliphatic heterocycles. The van der Waals surface area contributed by atoms with Gasteiger partial charge in [-0.05, 0) is 43.2 Å². The van der Waals surface area contributed by atoms with Crippen molar-refractivity contribution in [3.63, 3.8) is 0 Å². The molecule has 5 nitrogen and oxygen atoms in total. The van der Waals surface area contributed by atoms with Crippen molar-refractivity contribution < 1.29 is 13.9 Å². The van der Waals surface area contributed by atoms with Crippen LogP contribution in [0.1, 0.15) is 12.5 Å². The van der Waals surface area contributed by atoms with E-state index in [4.69, 9.17) is 4.74 Å². The quantitative estimate of drug-likeness (QED) is 0.796. The van der Waals surface area contributed by atoms with Gasteiger partial charge in [0, 0.05) is 44.5 Å². The van der Waals surface area contributed by atoms with Crippen LogP contribution < -0.4 is 15.0 Å². The second-order valence-electron chi connectivity index (χ2n) is 7.07. The van der Waals surface area contributed by atoms with E-state index in [1.165, 1.54) is 12.1 Å². The number of rotatable bonds is 7. The molecule has 1 aliphatic rings. The van der Waals surface area contributed by atoms with Crippen LogP contribution in [0.4, 0.5) is 10.1 Å². The number of anilines is 1. The van der Waals surface area contributed by atoms with Crippen molar-refractivity contribution in [3.8, 4) is 5.75 Å². The van der Waals surface area contributed by atoms with Crippen molar-refractivity contribution in [2.24, 2.45) is 0 Å². The average molecular weight is 385 g/mol. The van der Waals surface area contributed by atoms with E-state index >= 15 is 0 Å². The molecule has 2 aromatic rings. The van der Waals surface area contributed by atoms with Crippen LogP contribution in [-0.4, -0.2) is 56.7 Å². The highest BCUT2D eigenvalue weighted by Gasteiger charge is 2.25. The second kappa shape index (κ2) is 9.55. The lowest BCUT2D eigenvalue weighted by molar-refractivity contribution is -0.125. The lowest BCUT2D eigenvalue weighted by Crippen LogP contribution is -2.54. The monoisotopic (exact) mass is 385 g/mol. The number of halogens is 1. The van der Waals surface area contributed by atoms with E-state index in [0.29, 0.717) is 13.0 Å². The van der Waals surface area contributed by atoms with E-state index in [2.05, 4.69) is 21.2 Å². The average Bonchev–Trinajstić information content (AvgIpc) is 2.74. The molecule has 150 valence electrons. The fourth-order valence-electron chi connectivity index (χ4n) is 3.47. The van der Waals surface area contributed by atoms with Gasteiger partial charge in [0.1, 0.15) is 11.6 Å².